The Hall–Kier alpha value is -2.56. The van der Waals surface area contributed by atoms with Gasteiger partial charge in [0.25, 0.3) is 0 Å². The number of hydrogen-bond acceptors (Lipinski definition) is 3. The second-order valence-electron chi connectivity index (χ2n) is 4.61. The molecular weight excluding hydrogens is 285 g/mol. The molecule has 0 aliphatic carbocycles. The molecule has 0 aliphatic heterocycles. The summed E-state index contributed by atoms with van der Waals surface area (Å²) in [6.45, 7) is 2.38. The standard InChI is InChI=1S/C17H18FNO3/c1-3-22-16-7-5-4-6-14(16)19-17(20)11-12-10-13(18)8-9-15(12)21-2/h4-10H,3,11H2,1-2H3,(H,19,20). The predicted molar refractivity (Wildman–Crippen MR) is 82.9 cm³/mol. The van der Waals surface area contributed by atoms with Crippen LogP contribution in [0.1, 0.15) is 12.5 Å². The van der Waals surface area contributed by atoms with Gasteiger partial charge in [0.2, 0.25) is 5.91 Å². The fourth-order valence-electron chi connectivity index (χ4n) is 2.10. The molecule has 1 N–H and O–H groups in total. The molecule has 0 fully saturated rings. The van der Waals surface area contributed by atoms with Crippen LogP contribution in [0, 0.1) is 5.82 Å². The molecule has 0 atom stereocenters. The molecule has 4 nitrogen and oxygen atoms in total. The first-order valence-corrected chi connectivity index (χ1v) is 6.98. The molecule has 2 rings (SSSR count). The van der Waals surface area contributed by atoms with E-state index in [1.54, 1.807) is 18.2 Å². The van der Waals surface area contributed by atoms with Crippen molar-refractivity contribution in [1.29, 1.82) is 0 Å². The number of rotatable bonds is 6. The van der Waals surface area contributed by atoms with E-state index < -0.39 is 5.82 Å². The van der Waals surface area contributed by atoms with E-state index in [0.29, 0.717) is 29.4 Å². The summed E-state index contributed by atoms with van der Waals surface area (Å²) >= 11 is 0. The number of halogens is 1. The molecular formula is C17H18FNO3. The number of para-hydroxylation sites is 2. The van der Waals surface area contributed by atoms with Crippen molar-refractivity contribution in [2.75, 3.05) is 19.0 Å². The highest BCUT2D eigenvalue weighted by Gasteiger charge is 2.12. The van der Waals surface area contributed by atoms with Crippen molar-refractivity contribution in [2.24, 2.45) is 0 Å². The number of hydrogen-bond donors (Lipinski definition) is 1. The number of carbonyl (C=O) groups excluding carboxylic acids is 1. The average Bonchev–Trinajstić information content (AvgIpc) is 2.50. The number of methoxy groups -OCH3 is 1. The van der Waals surface area contributed by atoms with Gasteiger partial charge < -0.3 is 14.8 Å². The van der Waals surface area contributed by atoms with Crippen molar-refractivity contribution < 1.29 is 18.7 Å². The van der Waals surface area contributed by atoms with Crippen LogP contribution in [0.2, 0.25) is 0 Å². The summed E-state index contributed by atoms with van der Waals surface area (Å²) in [6.07, 6.45) is 0.0153. The lowest BCUT2D eigenvalue weighted by Gasteiger charge is -2.12. The lowest BCUT2D eigenvalue weighted by Crippen LogP contribution is -2.16. The Morgan fingerprint density at radius 3 is 2.68 bits per heavy atom. The number of benzene rings is 2. The van der Waals surface area contributed by atoms with Crippen LogP contribution >= 0.6 is 0 Å². The van der Waals surface area contributed by atoms with Crippen molar-refractivity contribution in [2.45, 2.75) is 13.3 Å². The Bertz CT molecular complexity index is 658. The second kappa shape index (κ2) is 7.45. The number of anilines is 1. The summed E-state index contributed by atoms with van der Waals surface area (Å²) in [4.78, 5) is 12.2. The van der Waals surface area contributed by atoms with Gasteiger partial charge in [-0.2, -0.15) is 0 Å². The summed E-state index contributed by atoms with van der Waals surface area (Å²) in [7, 11) is 1.49. The second-order valence-corrected chi connectivity index (χ2v) is 4.61. The maximum atomic E-state index is 13.3. The number of nitrogens with one attached hydrogen (secondary N) is 1. The van der Waals surface area contributed by atoms with Crippen LogP contribution in [0.4, 0.5) is 10.1 Å². The van der Waals surface area contributed by atoms with E-state index in [2.05, 4.69) is 5.32 Å². The van der Waals surface area contributed by atoms with E-state index in [1.807, 2.05) is 13.0 Å². The van der Waals surface area contributed by atoms with Crippen LogP contribution in [-0.2, 0) is 11.2 Å². The molecule has 22 heavy (non-hydrogen) atoms. The van der Waals surface area contributed by atoms with Gasteiger partial charge in [-0.05, 0) is 37.3 Å². The first-order chi connectivity index (χ1) is 10.6. The van der Waals surface area contributed by atoms with Crippen molar-refractivity contribution in [1.82, 2.24) is 0 Å². The Balaban J connectivity index is 2.12. The highest BCUT2D eigenvalue weighted by Crippen LogP contribution is 2.25. The van der Waals surface area contributed by atoms with Crippen LogP contribution in [0.25, 0.3) is 0 Å². The first kappa shape index (κ1) is 15.8. The normalized spacial score (nSPS) is 10.1. The minimum Gasteiger partial charge on any atom is -0.496 e. The van der Waals surface area contributed by atoms with Crippen LogP contribution in [0.15, 0.2) is 42.5 Å². The predicted octanol–water partition coefficient (Wildman–Crippen LogP) is 3.41. The van der Waals surface area contributed by atoms with E-state index >= 15 is 0 Å². The zero-order chi connectivity index (χ0) is 15.9. The fraction of sp³-hybridized carbons (Fsp3) is 0.235. The highest BCUT2D eigenvalue weighted by molar-refractivity contribution is 5.94. The van der Waals surface area contributed by atoms with E-state index in [-0.39, 0.29) is 12.3 Å². The molecule has 2 aromatic rings. The Morgan fingerprint density at radius 1 is 1.18 bits per heavy atom. The van der Waals surface area contributed by atoms with Crippen LogP contribution in [-0.4, -0.2) is 19.6 Å². The Labute approximate surface area is 128 Å². The van der Waals surface area contributed by atoms with Gasteiger partial charge in [0, 0.05) is 5.56 Å². The van der Waals surface area contributed by atoms with E-state index in [9.17, 15) is 9.18 Å². The van der Waals surface area contributed by atoms with Gasteiger partial charge in [0.05, 0.1) is 25.8 Å². The molecule has 116 valence electrons. The van der Waals surface area contributed by atoms with Crippen LogP contribution in [0.3, 0.4) is 0 Å². The van der Waals surface area contributed by atoms with E-state index in [0.717, 1.165) is 0 Å². The smallest absolute Gasteiger partial charge is 0.229 e. The number of carbonyl (C=O) groups is 1. The van der Waals surface area contributed by atoms with E-state index in [4.69, 9.17) is 9.47 Å². The Morgan fingerprint density at radius 2 is 1.95 bits per heavy atom. The molecule has 0 spiro atoms. The quantitative estimate of drug-likeness (QED) is 0.889. The van der Waals surface area contributed by atoms with Crippen molar-refractivity contribution in [3.8, 4) is 11.5 Å². The summed E-state index contributed by atoms with van der Waals surface area (Å²) in [5.41, 5.74) is 1.08. The fourth-order valence-corrected chi connectivity index (χ4v) is 2.10. The average molecular weight is 303 g/mol. The molecule has 0 heterocycles. The number of ether oxygens (including phenoxy) is 2. The molecule has 1 amide bonds. The Kier molecular flexibility index (Phi) is 5.36. The van der Waals surface area contributed by atoms with Gasteiger partial charge >= 0.3 is 0 Å². The SMILES string of the molecule is CCOc1ccccc1NC(=O)Cc1cc(F)ccc1OC. The topological polar surface area (TPSA) is 47.6 Å². The maximum Gasteiger partial charge on any atom is 0.229 e. The van der Waals surface area contributed by atoms with Crippen molar-refractivity contribution in [3.05, 3.63) is 53.8 Å². The first-order valence-electron chi connectivity index (χ1n) is 6.98. The summed E-state index contributed by atoms with van der Waals surface area (Å²) in [6, 6.07) is 11.3. The molecule has 0 saturated heterocycles. The molecule has 0 saturated carbocycles. The minimum atomic E-state index is -0.404. The van der Waals surface area contributed by atoms with Crippen LogP contribution in [0.5, 0.6) is 11.5 Å². The van der Waals surface area contributed by atoms with Gasteiger partial charge in [-0.25, -0.2) is 4.39 Å². The minimum absolute atomic E-state index is 0.0153. The largest absolute Gasteiger partial charge is 0.496 e. The summed E-state index contributed by atoms with van der Waals surface area (Å²) in [5.74, 6) is 0.411. The van der Waals surface area contributed by atoms with Crippen LogP contribution < -0.4 is 14.8 Å². The molecule has 0 bridgehead atoms. The zero-order valence-corrected chi connectivity index (χ0v) is 12.6. The zero-order valence-electron chi connectivity index (χ0n) is 12.6. The van der Waals surface area contributed by atoms with Crippen molar-refractivity contribution >= 4 is 11.6 Å². The molecule has 2 aromatic carbocycles. The number of amides is 1. The van der Waals surface area contributed by atoms with Gasteiger partial charge in [0.15, 0.2) is 0 Å². The molecule has 0 radical (unpaired) electrons. The van der Waals surface area contributed by atoms with E-state index in [1.165, 1.54) is 25.3 Å². The maximum absolute atomic E-state index is 13.3. The lowest BCUT2D eigenvalue weighted by molar-refractivity contribution is -0.115. The monoisotopic (exact) mass is 303 g/mol. The third-order valence-corrected chi connectivity index (χ3v) is 3.05. The highest BCUT2D eigenvalue weighted by atomic mass is 19.1. The van der Waals surface area contributed by atoms with Gasteiger partial charge in [-0.1, -0.05) is 12.1 Å². The van der Waals surface area contributed by atoms with Gasteiger partial charge in [-0.15, -0.1) is 0 Å². The molecule has 0 aromatic heterocycles. The van der Waals surface area contributed by atoms with Crippen molar-refractivity contribution in [3.63, 3.8) is 0 Å². The summed E-state index contributed by atoms with van der Waals surface area (Å²) in [5, 5.41) is 2.77. The molecule has 5 heteroatoms. The molecule has 0 unspecified atom stereocenters. The summed E-state index contributed by atoms with van der Waals surface area (Å²) < 4.78 is 23.9. The van der Waals surface area contributed by atoms with Gasteiger partial charge in [-0.3, -0.25) is 4.79 Å². The third-order valence-electron chi connectivity index (χ3n) is 3.05. The van der Waals surface area contributed by atoms with Gasteiger partial charge in [0.1, 0.15) is 17.3 Å². The molecule has 0 aliphatic rings. The lowest BCUT2D eigenvalue weighted by atomic mass is 10.1. The third kappa shape index (κ3) is 3.97.